The summed E-state index contributed by atoms with van der Waals surface area (Å²) in [7, 11) is 1.59. The molecule has 0 radical (unpaired) electrons. The van der Waals surface area contributed by atoms with E-state index in [-0.39, 0.29) is 36.3 Å². The van der Waals surface area contributed by atoms with E-state index in [1.807, 2.05) is 6.26 Å². The number of nitrogens with one attached hydrogen (secondary N) is 2. The molecule has 3 rings (SSSR count). The monoisotopic (exact) mass is 391 g/mol. The topological polar surface area (TPSA) is 105 Å². The van der Waals surface area contributed by atoms with Gasteiger partial charge < -0.3 is 24.7 Å². The normalized spacial score (nSPS) is 10.8. The predicted octanol–water partition coefficient (Wildman–Crippen LogP) is 2.44. The van der Waals surface area contributed by atoms with Crippen molar-refractivity contribution in [3.8, 4) is 11.5 Å². The lowest BCUT2D eigenvalue weighted by atomic mass is 10.2. The quantitative estimate of drug-likeness (QED) is 0.528. The first-order valence-corrected chi connectivity index (χ1v) is 9.24. The molecule has 0 aliphatic heterocycles. The van der Waals surface area contributed by atoms with Crippen LogP contribution in [0.4, 0.5) is 21.8 Å². The fourth-order valence-corrected chi connectivity index (χ4v) is 2.76. The predicted molar refractivity (Wildman–Crippen MR) is 102 cm³/mol. The molecule has 0 saturated heterocycles. The molecule has 27 heavy (non-hydrogen) atoms. The molecular formula is C17H18FN5O3S. The fraction of sp³-hybridized carbons (Fsp3) is 0.235. The van der Waals surface area contributed by atoms with Gasteiger partial charge in [-0.05, 0) is 24.5 Å². The minimum Gasteiger partial charge on any atom is -0.403 e. The van der Waals surface area contributed by atoms with E-state index in [1.54, 1.807) is 19.2 Å². The van der Waals surface area contributed by atoms with E-state index in [0.717, 1.165) is 4.90 Å². The largest absolute Gasteiger partial charge is 0.403 e. The molecule has 10 heteroatoms. The van der Waals surface area contributed by atoms with Gasteiger partial charge >= 0.3 is 6.01 Å². The summed E-state index contributed by atoms with van der Waals surface area (Å²) >= 11 is 1.43. The van der Waals surface area contributed by atoms with Crippen molar-refractivity contribution < 1.29 is 13.9 Å². The fourth-order valence-electron chi connectivity index (χ4n) is 2.34. The molecule has 2 aromatic heterocycles. The highest BCUT2D eigenvalue weighted by molar-refractivity contribution is 7.98. The molecule has 2 heterocycles. The average Bonchev–Trinajstić information content (AvgIpc) is 3.13. The van der Waals surface area contributed by atoms with E-state index in [1.165, 1.54) is 34.7 Å². The Hall–Kier alpha value is -2.85. The Morgan fingerprint density at radius 2 is 2.11 bits per heavy atom. The molecule has 0 saturated carbocycles. The second-order valence-corrected chi connectivity index (χ2v) is 6.46. The Bertz CT molecular complexity index is 1000. The lowest BCUT2D eigenvalue weighted by molar-refractivity contribution is 0.309. The molecule has 1 aromatic carbocycles. The Balaban J connectivity index is 1.99. The number of hydrogen-bond acceptors (Lipinski definition) is 8. The van der Waals surface area contributed by atoms with Gasteiger partial charge in [0.1, 0.15) is 5.82 Å². The molecule has 3 N–H and O–H groups in total. The number of anilines is 3. The number of aliphatic hydroxyl groups excluding tert-OH is 1. The third-order valence-electron chi connectivity index (χ3n) is 3.72. The Kier molecular flexibility index (Phi) is 5.77. The van der Waals surface area contributed by atoms with Crippen molar-refractivity contribution in [3.05, 3.63) is 46.6 Å². The van der Waals surface area contributed by atoms with Crippen molar-refractivity contribution >= 4 is 29.2 Å². The van der Waals surface area contributed by atoms with Crippen LogP contribution < -0.4 is 16.2 Å². The third kappa shape index (κ3) is 4.29. The molecule has 3 aromatic rings. The number of pyridine rings is 1. The third-order valence-corrected chi connectivity index (χ3v) is 4.44. The first-order chi connectivity index (χ1) is 13.0. The van der Waals surface area contributed by atoms with Crippen molar-refractivity contribution in [2.45, 2.75) is 4.90 Å². The maximum absolute atomic E-state index is 14.3. The molecule has 0 atom stereocenters. The zero-order valence-electron chi connectivity index (χ0n) is 14.7. The Labute approximate surface area is 158 Å². The lowest BCUT2D eigenvalue weighted by Crippen LogP contribution is -2.16. The Morgan fingerprint density at radius 3 is 2.81 bits per heavy atom. The van der Waals surface area contributed by atoms with Gasteiger partial charge in [0.2, 0.25) is 0 Å². The van der Waals surface area contributed by atoms with Gasteiger partial charge in [-0.3, -0.25) is 4.79 Å². The van der Waals surface area contributed by atoms with Crippen LogP contribution in [0.2, 0.25) is 0 Å². The van der Waals surface area contributed by atoms with Gasteiger partial charge in [-0.2, -0.15) is 0 Å². The lowest BCUT2D eigenvalue weighted by Gasteiger charge is -2.12. The molecule has 0 unspecified atom stereocenters. The van der Waals surface area contributed by atoms with Crippen LogP contribution >= 0.6 is 11.8 Å². The SMILES string of the molecule is CSc1ccc(Nc2cc(=O)n(C)cc2-c2nnc(NCCO)o2)c(F)c1. The summed E-state index contributed by atoms with van der Waals surface area (Å²) in [5.74, 6) is -0.293. The molecule has 0 spiro atoms. The number of aryl methyl sites for hydroxylation is 1. The molecule has 8 nitrogen and oxygen atoms in total. The van der Waals surface area contributed by atoms with Crippen molar-refractivity contribution in [3.63, 3.8) is 0 Å². The first-order valence-electron chi connectivity index (χ1n) is 8.01. The molecule has 0 amide bonds. The number of aromatic nitrogens is 3. The first kappa shape index (κ1) is 18.9. The second-order valence-electron chi connectivity index (χ2n) is 5.58. The van der Waals surface area contributed by atoms with Crippen molar-refractivity contribution in [2.75, 3.05) is 30.0 Å². The van der Waals surface area contributed by atoms with Crippen molar-refractivity contribution in [2.24, 2.45) is 7.05 Å². The van der Waals surface area contributed by atoms with E-state index in [4.69, 9.17) is 9.52 Å². The van der Waals surface area contributed by atoms with Gasteiger partial charge in [0.25, 0.3) is 11.4 Å². The second kappa shape index (κ2) is 8.23. The van der Waals surface area contributed by atoms with Crippen LogP contribution in [-0.4, -0.2) is 39.3 Å². The Morgan fingerprint density at radius 1 is 1.30 bits per heavy atom. The summed E-state index contributed by atoms with van der Waals surface area (Å²) in [5, 5.41) is 22.3. The zero-order chi connectivity index (χ0) is 19.4. The smallest absolute Gasteiger partial charge is 0.315 e. The minimum atomic E-state index is -0.440. The molecule has 0 bridgehead atoms. The highest BCUT2D eigenvalue weighted by atomic mass is 32.2. The molecule has 0 fully saturated rings. The summed E-state index contributed by atoms with van der Waals surface area (Å²) in [5.41, 5.74) is 0.724. The number of halogens is 1. The van der Waals surface area contributed by atoms with Gasteiger partial charge in [-0.15, -0.1) is 16.9 Å². The van der Waals surface area contributed by atoms with E-state index < -0.39 is 5.82 Å². The molecular weight excluding hydrogens is 373 g/mol. The van der Waals surface area contributed by atoms with Crippen LogP contribution in [0.15, 0.2) is 44.6 Å². The number of hydrogen-bond donors (Lipinski definition) is 3. The van der Waals surface area contributed by atoms with Gasteiger partial charge in [0.15, 0.2) is 0 Å². The van der Waals surface area contributed by atoms with Crippen LogP contribution in [0.3, 0.4) is 0 Å². The minimum absolute atomic E-state index is 0.0876. The van der Waals surface area contributed by atoms with Gasteiger partial charge in [-0.25, -0.2) is 4.39 Å². The summed E-state index contributed by atoms with van der Waals surface area (Å²) in [6, 6.07) is 6.26. The number of thioether (sulfide) groups is 1. The van der Waals surface area contributed by atoms with Crippen LogP contribution in [0, 0.1) is 5.82 Å². The number of aliphatic hydroxyl groups is 1. The standard InChI is InChI=1S/C17H18FN5O3S/c1-23-9-11(16-21-22-17(26-16)19-5-6-24)14(8-15(23)25)20-13-4-3-10(27-2)7-12(13)18/h3-4,7-9,20,24H,5-6H2,1-2H3,(H,19,22). The summed E-state index contributed by atoms with van der Waals surface area (Å²) in [6.07, 6.45) is 3.39. The van der Waals surface area contributed by atoms with Crippen molar-refractivity contribution in [1.29, 1.82) is 0 Å². The zero-order valence-corrected chi connectivity index (χ0v) is 15.5. The summed E-state index contributed by atoms with van der Waals surface area (Å²) in [6.45, 7) is 0.169. The van der Waals surface area contributed by atoms with Crippen LogP contribution in [0.5, 0.6) is 0 Å². The van der Waals surface area contributed by atoms with Crippen LogP contribution in [0.1, 0.15) is 0 Å². The van der Waals surface area contributed by atoms with Crippen LogP contribution in [0.25, 0.3) is 11.5 Å². The van der Waals surface area contributed by atoms with Gasteiger partial charge in [-0.1, -0.05) is 5.10 Å². The molecule has 0 aliphatic rings. The highest BCUT2D eigenvalue weighted by Gasteiger charge is 2.16. The highest BCUT2D eigenvalue weighted by Crippen LogP contribution is 2.31. The van der Waals surface area contributed by atoms with Gasteiger partial charge in [0.05, 0.1) is 23.5 Å². The van der Waals surface area contributed by atoms with E-state index in [2.05, 4.69) is 20.8 Å². The van der Waals surface area contributed by atoms with Crippen LogP contribution in [-0.2, 0) is 7.05 Å². The molecule has 142 valence electrons. The van der Waals surface area contributed by atoms with E-state index in [9.17, 15) is 9.18 Å². The maximum atomic E-state index is 14.3. The van der Waals surface area contributed by atoms with Crippen molar-refractivity contribution in [1.82, 2.24) is 14.8 Å². The number of benzene rings is 1. The number of nitrogens with zero attached hydrogens (tertiary/aromatic N) is 3. The number of rotatable bonds is 7. The van der Waals surface area contributed by atoms with E-state index in [0.29, 0.717) is 11.3 Å². The molecule has 0 aliphatic carbocycles. The summed E-state index contributed by atoms with van der Waals surface area (Å²) < 4.78 is 21.2. The maximum Gasteiger partial charge on any atom is 0.315 e. The summed E-state index contributed by atoms with van der Waals surface area (Å²) in [4.78, 5) is 12.9. The average molecular weight is 391 g/mol. The van der Waals surface area contributed by atoms with E-state index >= 15 is 0 Å². The van der Waals surface area contributed by atoms with Gasteiger partial charge in [0, 0.05) is 30.8 Å².